The van der Waals surface area contributed by atoms with Gasteiger partial charge < -0.3 is 18.6 Å². The smallest absolute Gasteiger partial charge is 0.462 e. The first kappa shape index (κ1) is 12.0. The molecule has 0 aliphatic carbocycles. The summed E-state index contributed by atoms with van der Waals surface area (Å²) < 4.78 is 19.6. The number of allylic oxidation sites excluding steroid dienone is 2. The summed E-state index contributed by atoms with van der Waals surface area (Å²) in [6.45, 7) is -0.0755. The maximum absolute atomic E-state index is 11.3. The third-order valence-corrected chi connectivity index (χ3v) is 2.02. The Morgan fingerprint density at radius 3 is 2.89 bits per heavy atom. The van der Waals surface area contributed by atoms with Gasteiger partial charge in [-0.15, -0.1) is 0 Å². The largest absolute Gasteiger partial charge is 0.514 e. The molecule has 1 aliphatic rings. The van der Waals surface area contributed by atoms with E-state index < -0.39 is 12.1 Å². The number of hydrogen-bond acceptors (Lipinski definition) is 6. The van der Waals surface area contributed by atoms with Crippen molar-refractivity contribution < 1.29 is 28.2 Å². The molecule has 1 aliphatic heterocycles. The standard InChI is InChI=1S/C12H10O6/c13-11-4-2-1-3-6-16-12(14)18-9-5-7-15-10(9)8-17-11/h1-5,7H,6,8H2. The van der Waals surface area contributed by atoms with Gasteiger partial charge >= 0.3 is 12.1 Å². The van der Waals surface area contributed by atoms with Gasteiger partial charge in [0.1, 0.15) is 6.61 Å². The zero-order chi connectivity index (χ0) is 12.8. The summed E-state index contributed by atoms with van der Waals surface area (Å²) in [6.07, 6.45) is 6.32. The SMILES string of the molecule is O=C1C=CC=CCOC(=O)Oc2ccoc2CO1. The van der Waals surface area contributed by atoms with Crippen molar-refractivity contribution in [3.63, 3.8) is 0 Å². The lowest BCUT2D eigenvalue weighted by atomic mass is 10.4. The average molecular weight is 250 g/mol. The van der Waals surface area contributed by atoms with E-state index in [4.69, 9.17) is 18.6 Å². The van der Waals surface area contributed by atoms with Crippen LogP contribution in [0.15, 0.2) is 41.1 Å². The van der Waals surface area contributed by atoms with E-state index in [1.165, 1.54) is 24.5 Å². The van der Waals surface area contributed by atoms with E-state index in [0.29, 0.717) is 0 Å². The number of carbonyl (C=O) groups excluding carboxylic acids is 2. The highest BCUT2D eigenvalue weighted by Gasteiger charge is 2.14. The Morgan fingerprint density at radius 2 is 2.00 bits per heavy atom. The van der Waals surface area contributed by atoms with E-state index in [1.807, 2.05) is 0 Å². The van der Waals surface area contributed by atoms with Crippen molar-refractivity contribution in [2.45, 2.75) is 6.61 Å². The molecular weight excluding hydrogens is 240 g/mol. The monoisotopic (exact) mass is 250 g/mol. The molecule has 1 aromatic rings. The van der Waals surface area contributed by atoms with Gasteiger partial charge in [0.05, 0.1) is 6.26 Å². The predicted molar refractivity (Wildman–Crippen MR) is 58.8 cm³/mol. The van der Waals surface area contributed by atoms with E-state index in [-0.39, 0.29) is 24.7 Å². The zero-order valence-corrected chi connectivity index (χ0v) is 9.33. The van der Waals surface area contributed by atoms with Crippen LogP contribution >= 0.6 is 0 Å². The maximum atomic E-state index is 11.3. The summed E-state index contributed by atoms with van der Waals surface area (Å²) in [5, 5.41) is 0. The molecule has 0 radical (unpaired) electrons. The van der Waals surface area contributed by atoms with Crippen LogP contribution in [0.3, 0.4) is 0 Å². The van der Waals surface area contributed by atoms with Gasteiger partial charge in [-0.05, 0) is 6.08 Å². The summed E-state index contributed by atoms with van der Waals surface area (Å²) in [6, 6.07) is 1.44. The van der Waals surface area contributed by atoms with E-state index >= 15 is 0 Å². The minimum absolute atomic E-state index is 0.0470. The minimum Gasteiger partial charge on any atom is -0.462 e. The van der Waals surface area contributed by atoms with E-state index in [2.05, 4.69) is 0 Å². The number of cyclic esters (lactones) is 2. The van der Waals surface area contributed by atoms with Crippen LogP contribution in [0, 0.1) is 0 Å². The second-order valence-electron chi connectivity index (χ2n) is 3.27. The van der Waals surface area contributed by atoms with Crippen molar-refractivity contribution in [2.75, 3.05) is 6.61 Å². The second-order valence-corrected chi connectivity index (χ2v) is 3.27. The lowest BCUT2D eigenvalue weighted by molar-refractivity contribution is -0.139. The van der Waals surface area contributed by atoms with E-state index in [9.17, 15) is 9.59 Å². The Kier molecular flexibility index (Phi) is 3.80. The van der Waals surface area contributed by atoms with Gasteiger partial charge in [0.2, 0.25) is 0 Å². The molecule has 0 aromatic carbocycles. The fourth-order valence-corrected chi connectivity index (χ4v) is 1.21. The highest BCUT2D eigenvalue weighted by molar-refractivity contribution is 5.82. The molecule has 0 spiro atoms. The number of carbonyl (C=O) groups is 2. The third kappa shape index (κ3) is 3.24. The molecular formula is C12H10O6. The first-order chi connectivity index (χ1) is 8.75. The Morgan fingerprint density at radius 1 is 1.11 bits per heavy atom. The Hall–Kier alpha value is -2.50. The Bertz CT molecular complexity index is 496. The molecule has 2 rings (SSSR count). The molecule has 0 saturated carbocycles. The molecule has 0 unspecified atom stereocenters. The van der Waals surface area contributed by atoms with Crippen LogP contribution in [0.5, 0.6) is 5.75 Å². The van der Waals surface area contributed by atoms with Crippen LogP contribution in [-0.2, 0) is 20.9 Å². The molecule has 1 aromatic heterocycles. The van der Waals surface area contributed by atoms with Gasteiger partial charge in [0.25, 0.3) is 0 Å². The molecule has 0 fully saturated rings. The zero-order valence-electron chi connectivity index (χ0n) is 9.33. The highest BCUT2D eigenvalue weighted by atomic mass is 16.7. The number of rotatable bonds is 0. The van der Waals surface area contributed by atoms with Crippen molar-refractivity contribution in [3.8, 4) is 5.75 Å². The van der Waals surface area contributed by atoms with Crippen molar-refractivity contribution >= 4 is 12.1 Å². The lowest BCUT2D eigenvalue weighted by Gasteiger charge is -2.04. The van der Waals surface area contributed by atoms with Gasteiger partial charge in [-0.25, -0.2) is 9.59 Å². The lowest BCUT2D eigenvalue weighted by Crippen LogP contribution is -2.11. The van der Waals surface area contributed by atoms with Crippen LogP contribution in [0.1, 0.15) is 5.76 Å². The van der Waals surface area contributed by atoms with Crippen LogP contribution in [-0.4, -0.2) is 18.7 Å². The molecule has 94 valence electrons. The van der Waals surface area contributed by atoms with E-state index in [1.54, 1.807) is 12.2 Å². The first-order valence-electron chi connectivity index (χ1n) is 5.16. The summed E-state index contributed by atoms with van der Waals surface area (Å²) in [5.41, 5.74) is 0. The fourth-order valence-electron chi connectivity index (χ4n) is 1.21. The number of hydrogen-bond donors (Lipinski definition) is 0. The molecule has 0 N–H and O–H groups in total. The van der Waals surface area contributed by atoms with E-state index in [0.717, 1.165) is 0 Å². The molecule has 0 bridgehead atoms. The summed E-state index contributed by atoms with van der Waals surface area (Å²) >= 11 is 0. The number of fused-ring (bicyclic) bond motifs is 1. The van der Waals surface area contributed by atoms with Gasteiger partial charge in [0.15, 0.2) is 18.1 Å². The topological polar surface area (TPSA) is 75.0 Å². The summed E-state index contributed by atoms with van der Waals surface area (Å²) in [4.78, 5) is 22.5. The number of furan rings is 1. The second kappa shape index (κ2) is 5.72. The predicted octanol–water partition coefficient (Wildman–Crippen LogP) is 1.96. The summed E-state index contributed by atoms with van der Waals surface area (Å²) in [7, 11) is 0. The normalized spacial score (nSPS) is 16.4. The van der Waals surface area contributed by atoms with Crippen LogP contribution in [0.25, 0.3) is 0 Å². The molecule has 6 heteroatoms. The summed E-state index contributed by atoms with van der Waals surface area (Å²) in [5.74, 6) is -0.116. The number of esters is 1. The van der Waals surface area contributed by atoms with Crippen LogP contribution < -0.4 is 4.74 Å². The van der Waals surface area contributed by atoms with Gasteiger partial charge in [-0.1, -0.05) is 12.2 Å². The molecule has 6 nitrogen and oxygen atoms in total. The van der Waals surface area contributed by atoms with Crippen molar-refractivity contribution in [1.82, 2.24) is 0 Å². The van der Waals surface area contributed by atoms with Crippen LogP contribution in [0.2, 0.25) is 0 Å². The molecule has 0 saturated heterocycles. The van der Waals surface area contributed by atoms with Gasteiger partial charge in [-0.2, -0.15) is 0 Å². The van der Waals surface area contributed by atoms with Crippen LogP contribution in [0.4, 0.5) is 4.79 Å². The molecule has 0 atom stereocenters. The molecule has 18 heavy (non-hydrogen) atoms. The average Bonchev–Trinajstić information content (AvgIpc) is 2.77. The quantitative estimate of drug-likeness (QED) is 0.655. The maximum Gasteiger partial charge on any atom is 0.514 e. The Labute approximate surface area is 102 Å². The van der Waals surface area contributed by atoms with Gasteiger partial charge in [0, 0.05) is 12.1 Å². The third-order valence-electron chi connectivity index (χ3n) is 2.02. The van der Waals surface area contributed by atoms with Crippen molar-refractivity contribution in [1.29, 1.82) is 0 Å². The van der Waals surface area contributed by atoms with Crippen molar-refractivity contribution in [3.05, 3.63) is 42.4 Å². The number of ether oxygens (including phenoxy) is 3. The fraction of sp³-hybridized carbons (Fsp3) is 0.167. The molecule has 0 amide bonds. The van der Waals surface area contributed by atoms with Gasteiger partial charge in [-0.3, -0.25) is 0 Å². The Balaban J connectivity index is 2.15. The highest BCUT2D eigenvalue weighted by Crippen LogP contribution is 2.21. The first-order valence-corrected chi connectivity index (χ1v) is 5.16. The molecule has 2 heterocycles. The van der Waals surface area contributed by atoms with Crippen molar-refractivity contribution in [2.24, 2.45) is 0 Å². The minimum atomic E-state index is -0.850.